The van der Waals surface area contributed by atoms with Gasteiger partial charge in [0.2, 0.25) is 0 Å². The molecule has 0 aliphatic carbocycles. The lowest BCUT2D eigenvalue weighted by atomic mass is 10.2. The quantitative estimate of drug-likeness (QED) is 0.865. The molecular formula is C17H24N4S. The van der Waals surface area contributed by atoms with E-state index in [9.17, 15) is 0 Å². The number of thiocarbonyl (C=S) groups is 1. The molecule has 1 aromatic carbocycles. The van der Waals surface area contributed by atoms with Gasteiger partial charge in [-0.25, -0.2) is 9.97 Å². The van der Waals surface area contributed by atoms with Crippen molar-refractivity contribution < 1.29 is 0 Å². The fourth-order valence-corrected chi connectivity index (χ4v) is 3.10. The second kappa shape index (κ2) is 6.57. The smallest absolute Gasteiger partial charge is 0.173 e. The number of nitrogens with zero attached hydrogens (tertiary/aromatic N) is 3. The van der Waals surface area contributed by atoms with Gasteiger partial charge in [-0.05, 0) is 72.0 Å². The number of rotatable bonds is 3. The average Bonchev–Trinajstić information content (AvgIpc) is 2.39. The predicted octanol–water partition coefficient (Wildman–Crippen LogP) is 4.06. The fraction of sp³-hybridized carbons (Fsp3) is 0.471. The van der Waals surface area contributed by atoms with Crippen LogP contribution in [0.5, 0.6) is 0 Å². The van der Waals surface area contributed by atoms with E-state index in [4.69, 9.17) is 12.2 Å². The van der Waals surface area contributed by atoms with Crippen LogP contribution in [-0.4, -0.2) is 32.1 Å². The summed E-state index contributed by atoms with van der Waals surface area (Å²) in [5.41, 5.74) is 4.66. The Bertz CT molecular complexity index is 686. The summed E-state index contributed by atoms with van der Waals surface area (Å²) in [6.45, 7) is 12.5. The molecule has 0 saturated carbocycles. The minimum absolute atomic E-state index is 0.352. The van der Waals surface area contributed by atoms with E-state index >= 15 is 0 Å². The third kappa shape index (κ3) is 3.53. The number of fused-ring (bicyclic) bond motifs is 1. The minimum Gasteiger partial charge on any atom is -0.344 e. The molecule has 0 aliphatic rings. The maximum atomic E-state index is 5.56. The summed E-state index contributed by atoms with van der Waals surface area (Å²) in [5, 5.41) is 4.06. The topological polar surface area (TPSA) is 41.1 Å². The molecule has 0 fully saturated rings. The van der Waals surface area contributed by atoms with Gasteiger partial charge in [0.1, 0.15) is 0 Å². The molecular weight excluding hydrogens is 292 g/mol. The molecule has 2 rings (SSSR count). The van der Waals surface area contributed by atoms with Gasteiger partial charge in [-0.3, -0.25) is 0 Å². The van der Waals surface area contributed by atoms with E-state index in [-0.39, 0.29) is 0 Å². The van der Waals surface area contributed by atoms with Crippen LogP contribution in [0.15, 0.2) is 18.2 Å². The Kier molecular flexibility index (Phi) is 4.96. The average molecular weight is 316 g/mol. The van der Waals surface area contributed by atoms with Crippen molar-refractivity contribution in [3.05, 3.63) is 29.6 Å². The van der Waals surface area contributed by atoms with Crippen LogP contribution in [0, 0.1) is 13.8 Å². The standard InChI is InChI=1S/C17H24N4S/c1-10(2)21(11(3)4)17(22)20-14-7-8-15-16(9-14)19-13(6)12(5)18-15/h7-11H,1-6H3,(H,20,22). The van der Waals surface area contributed by atoms with Crippen LogP contribution in [0.3, 0.4) is 0 Å². The number of nitrogens with one attached hydrogen (secondary N) is 1. The Morgan fingerprint density at radius 1 is 1.00 bits per heavy atom. The number of hydrogen-bond donors (Lipinski definition) is 1. The lowest BCUT2D eigenvalue weighted by molar-refractivity contribution is 0.296. The van der Waals surface area contributed by atoms with E-state index in [2.05, 4.69) is 47.9 Å². The maximum absolute atomic E-state index is 5.56. The van der Waals surface area contributed by atoms with Crippen molar-refractivity contribution in [2.24, 2.45) is 0 Å². The highest BCUT2D eigenvalue weighted by Gasteiger charge is 2.17. The molecule has 0 amide bonds. The minimum atomic E-state index is 0.352. The van der Waals surface area contributed by atoms with Crippen molar-refractivity contribution in [3.63, 3.8) is 0 Å². The van der Waals surface area contributed by atoms with Crippen LogP contribution in [0.1, 0.15) is 39.1 Å². The summed E-state index contributed by atoms with van der Waals surface area (Å²) >= 11 is 5.56. The molecule has 0 spiro atoms. The van der Waals surface area contributed by atoms with Gasteiger partial charge in [-0.2, -0.15) is 0 Å². The molecule has 4 nitrogen and oxygen atoms in total. The van der Waals surface area contributed by atoms with Gasteiger partial charge >= 0.3 is 0 Å². The highest BCUT2D eigenvalue weighted by molar-refractivity contribution is 7.80. The first-order chi connectivity index (χ1) is 10.3. The fourth-order valence-electron chi connectivity index (χ4n) is 2.56. The van der Waals surface area contributed by atoms with Crippen molar-refractivity contribution in [3.8, 4) is 0 Å². The molecule has 0 atom stereocenters. The first-order valence-corrected chi connectivity index (χ1v) is 8.04. The van der Waals surface area contributed by atoms with Crippen LogP contribution in [-0.2, 0) is 0 Å². The largest absolute Gasteiger partial charge is 0.344 e. The van der Waals surface area contributed by atoms with Crippen molar-refractivity contribution in [1.29, 1.82) is 0 Å². The zero-order valence-electron chi connectivity index (χ0n) is 14.1. The molecule has 1 N–H and O–H groups in total. The third-order valence-corrected chi connectivity index (χ3v) is 3.99. The summed E-state index contributed by atoms with van der Waals surface area (Å²) in [6, 6.07) is 6.68. The first kappa shape index (κ1) is 16.6. The highest BCUT2D eigenvalue weighted by atomic mass is 32.1. The maximum Gasteiger partial charge on any atom is 0.173 e. The zero-order valence-corrected chi connectivity index (χ0v) is 15.0. The van der Waals surface area contributed by atoms with Gasteiger partial charge in [0, 0.05) is 17.8 Å². The molecule has 1 heterocycles. The molecule has 1 aromatic heterocycles. The Morgan fingerprint density at radius 2 is 1.55 bits per heavy atom. The Balaban J connectivity index is 2.28. The molecule has 0 saturated heterocycles. The number of benzene rings is 1. The molecule has 5 heteroatoms. The van der Waals surface area contributed by atoms with Crippen molar-refractivity contribution in [2.45, 2.75) is 53.6 Å². The zero-order chi connectivity index (χ0) is 16.4. The van der Waals surface area contributed by atoms with E-state index in [1.54, 1.807) is 0 Å². The molecule has 0 unspecified atom stereocenters. The molecule has 0 radical (unpaired) electrons. The summed E-state index contributed by atoms with van der Waals surface area (Å²) < 4.78 is 0. The van der Waals surface area contributed by atoms with Crippen LogP contribution < -0.4 is 5.32 Å². The van der Waals surface area contributed by atoms with E-state index in [0.717, 1.165) is 33.2 Å². The predicted molar refractivity (Wildman–Crippen MR) is 97.3 cm³/mol. The highest BCUT2D eigenvalue weighted by Crippen LogP contribution is 2.19. The van der Waals surface area contributed by atoms with Crippen LogP contribution in [0.2, 0.25) is 0 Å². The number of aromatic nitrogens is 2. The second-order valence-electron chi connectivity index (χ2n) is 6.12. The Morgan fingerprint density at radius 3 is 2.09 bits per heavy atom. The molecule has 0 aliphatic heterocycles. The van der Waals surface area contributed by atoms with Gasteiger partial charge in [0.15, 0.2) is 5.11 Å². The molecule has 22 heavy (non-hydrogen) atoms. The monoisotopic (exact) mass is 316 g/mol. The molecule has 2 aromatic rings. The summed E-state index contributed by atoms with van der Waals surface area (Å²) in [7, 11) is 0. The van der Waals surface area contributed by atoms with Gasteiger partial charge in [0.25, 0.3) is 0 Å². The lowest BCUT2D eigenvalue weighted by Crippen LogP contribution is -2.44. The van der Waals surface area contributed by atoms with Gasteiger partial charge < -0.3 is 10.2 Å². The Hall–Kier alpha value is -1.75. The van der Waals surface area contributed by atoms with Crippen LogP contribution >= 0.6 is 12.2 Å². The first-order valence-electron chi connectivity index (χ1n) is 7.64. The van der Waals surface area contributed by atoms with Crippen molar-refractivity contribution in [2.75, 3.05) is 5.32 Å². The summed E-state index contributed by atoms with van der Waals surface area (Å²) in [5.74, 6) is 0. The summed E-state index contributed by atoms with van der Waals surface area (Å²) in [4.78, 5) is 11.3. The van der Waals surface area contributed by atoms with Gasteiger partial charge in [-0.1, -0.05) is 0 Å². The third-order valence-electron chi connectivity index (χ3n) is 3.67. The molecule has 0 bridgehead atoms. The Labute approximate surface area is 138 Å². The number of anilines is 1. The van der Waals surface area contributed by atoms with Crippen molar-refractivity contribution in [1.82, 2.24) is 14.9 Å². The summed E-state index contributed by atoms with van der Waals surface area (Å²) in [6.07, 6.45) is 0. The van der Waals surface area contributed by atoms with Gasteiger partial charge in [0.05, 0.1) is 22.4 Å². The molecule has 118 valence electrons. The van der Waals surface area contributed by atoms with Crippen LogP contribution in [0.4, 0.5) is 5.69 Å². The number of hydrogen-bond acceptors (Lipinski definition) is 3. The van der Waals surface area contributed by atoms with E-state index < -0.39 is 0 Å². The van der Waals surface area contributed by atoms with Crippen molar-refractivity contribution >= 4 is 34.1 Å². The van der Waals surface area contributed by atoms with E-state index in [1.807, 2.05) is 32.0 Å². The second-order valence-corrected chi connectivity index (χ2v) is 6.51. The SMILES string of the molecule is Cc1nc2ccc(NC(=S)N(C(C)C)C(C)C)cc2nc1C. The number of aryl methyl sites for hydroxylation is 2. The lowest BCUT2D eigenvalue weighted by Gasteiger charge is -2.33. The van der Waals surface area contributed by atoms with Crippen LogP contribution in [0.25, 0.3) is 11.0 Å². The van der Waals surface area contributed by atoms with Gasteiger partial charge in [-0.15, -0.1) is 0 Å². The normalized spacial score (nSPS) is 11.3. The van der Waals surface area contributed by atoms with E-state index in [0.29, 0.717) is 12.1 Å². The van der Waals surface area contributed by atoms with E-state index in [1.165, 1.54) is 0 Å².